The van der Waals surface area contributed by atoms with Crippen molar-refractivity contribution in [3.05, 3.63) is 0 Å². The van der Waals surface area contributed by atoms with Crippen LogP contribution in [0, 0.1) is 0 Å². The average molecular weight is 203 g/mol. The van der Waals surface area contributed by atoms with Gasteiger partial charge in [0.2, 0.25) is 0 Å². The lowest BCUT2D eigenvalue weighted by atomic mass is 10.2. The quantitative estimate of drug-likeness (QED) is 0.734. The molecule has 1 N–H and O–H groups in total. The zero-order chi connectivity index (χ0) is 9.47. The van der Waals surface area contributed by atoms with Crippen molar-refractivity contribution in [3.8, 4) is 0 Å². The molecule has 0 aliphatic heterocycles. The predicted octanol–water partition coefficient (Wildman–Crippen LogP) is 0.704. The van der Waals surface area contributed by atoms with Gasteiger partial charge in [0.05, 0.1) is 5.25 Å². The molecule has 0 heterocycles. The first-order chi connectivity index (χ1) is 6.07. The van der Waals surface area contributed by atoms with Crippen LogP contribution in [0.5, 0.6) is 0 Å². The molecule has 2 atom stereocenters. The van der Waals surface area contributed by atoms with Crippen LogP contribution < -0.4 is 5.32 Å². The van der Waals surface area contributed by atoms with E-state index in [4.69, 9.17) is 0 Å². The Kier molecular flexibility index (Phi) is 2.36. The molecule has 0 amide bonds. The molecular weight excluding hydrogens is 186 g/mol. The summed E-state index contributed by atoms with van der Waals surface area (Å²) < 4.78 is 22.8. The second-order valence-corrected chi connectivity index (χ2v) is 6.61. The molecular formula is C9H17NO2S. The maximum absolute atomic E-state index is 11.4. The fraction of sp³-hybridized carbons (Fsp3) is 1.00. The van der Waals surface area contributed by atoms with Gasteiger partial charge in [0, 0.05) is 18.3 Å². The lowest BCUT2D eigenvalue weighted by molar-refractivity contribution is 0.505. The van der Waals surface area contributed by atoms with Gasteiger partial charge in [-0.1, -0.05) is 6.42 Å². The number of nitrogens with one attached hydrogen (secondary N) is 1. The normalized spacial score (nSPS) is 35.2. The SMILES string of the molecule is CS(=O)(=O)C1CCCC1NC1CC1. The summed E-state index contributed by atoms with van der Waals surface area (Å²) >= 11 is 0. The number of hydrogen-bond acceptors (Lipinski definition) is 3. The Balaban J connectivity index is 2.00. The van der Waals surface area contributed by atoms with Crippen LogP contribution in [0.2, 0.25) is 0 Å². The van der Waals surface area contributed by atoms with Crippen LogP contribution in [0.1, 0.15) is 32.1 Å². The van der Waals surface area contributed by atoms with Crippen LogP contribution in [0.4, 0.5) is 0 Å². The van der Waals surface area contributed by atoms with Gasteiger partial charge < -0.3 is 5.32 Å². The van der Waals surface area contributed by atoms with Crippen LogP contribution in [0.25, 0.3) is 0 Å². The number of hydrogen-bond donors (Lipinski definition) is 1. The van der Waals surface area contributed by atoms with E-state index in [0.29, 0.717) is 6.04 Å². The van der Waals surface area contributed by atoms with Gasteiger partial charge in [-0.2, -0.15) is 0 Å². The van der Waals surface area contributed by atoms with Gasteiger partial charge in [0.15, 0.2) is 9.84 Å². The molecule has 0 aromatic carbocycles. The van der Waals surface area contributed by atoms with Gasteiger partial charge in [0.25, 0.3) is 0 Å². The highest BCUT2D eigenvalue weighted by Gasteiger charge is 2.37. The minimum absolute atomic E-state index is 0.118. The summed E-state index contributed by atoms with van der Waals surface area (Å²) in [6.45, 7) is 0. The van der Waals surface area contributed by atoms with Crippen LogP contribution in [-0.4, -0.2) is 32.0 Å². The summed E-state index contributed by atoms with van der Waals surface area (Å²) in [4.78, 5) is 0. The molecule has 0 saturated heterocycles. The van der Waals surface area contributed by atoms with Crippen LogP contribution in [0.3, 0.4) is 0 Å². The molecule has 2 unspecified atom stereocenters. The summed E-state index contributed by atoms with van der Waals surface area (Å²) in [5, 5.41) is 3.31. The van der Waals surface area contributed by atoms with Gasteiger partial charge in [-0.05, 0) is 25.7 Å². The number of sulfone groups is 1. The molecule has 2 aliphatic rings. The Morgan fingerprint density at radius 2 is 1.85 bits per heavy atom. The third-order valence-electron chi connectivity index (χ3n) is 3.03. The molecule has 0 spiro atoms. The largest absolute Gasteiger partial charge is 0.310 e. The Morgan fingerprint density at radius 3 is 2.38 bits per heavy atom. The van der Waals surface area contributed by atoms with Crippen molar-refractivity contribution < 1.29 is 8.42 Å². The van der Waals surface area contributed by atoms with E-state index in [1.165, 1.54) is 19.1 Å². The summed E-state index contributed by atoms with van der Waals surface area (Å²) in [7, 11) is -2.83. The minimum Gasteiger partial charge on any atom is -0.310 e. The third-order valence-corrected chi connectivity index (χ3v) is 4.69. The van der Waals surface area contributed by atoms with Crippen LogP contribution in [0.15, 0.2) is 0 Å². The highest BCUT2D eigenvalue weighted by atomic mass is 32.2. The maximum atomic E-state index is 11.4. The fourth-order valence-corrected chi connectivity index (χ4v) is 3.59. The van der Waals surface area contributed by atoms with Gasteiger partial charge in [0.1, 0.15) is 0 Å². The molecule has 13 heavy (non-hydrogen) atoms. The summed E-state index contributed by atoms with van der Waals surface area (Å²) in [5.41, 5.74) is 0. The van der Waals surface area contributed by atoms with Crippen molar-refractivity contribution in [2.45, 2.75) is 49.4 Å². The van der Waals surface area contributed by atoms with Crippen molar-refractivity contribution >= 4 is 9.84 Å². The lowest BCUT2D eigenvalue weighted by Crippen LogP contribution is -2.40. The van der Waals surface area contributed by atoms with E-state index in [9.17, 15) is 8.42 Å². The molecule has 2 aliphatic carbocycles. The second-order valence-electron chi connectivity index (χ2n) is 4.35. The highest BCUT2D eigenvalue weighted by Crippen LogP contribution is 2.29. The highest BCUT2D eigenvalue weighted by molar-refractivity contribution is 7.91. The minimum atomic E-state index is -2.83. The molecule has 76 valence electrons. The predicted molar refractivity (Wildman–Crippen MR) is 52.4 cm³/mol. The molecule has 4 heteroatoms. The van der Waals surface area contributed by atoms with Gasteiger partial charge >= 0.3 is 0 Å². The fourth-order valence-electron chi connectivity index (χ4n) is 2.18. The summed E-state index contributed by atoms with van der Waals surface area (Å²) in [6.07, 6.45) is 6.77. The first-order valence-electron chi connectivity index (χ1n) is 5.02. The Bertz CT molecular complexity index is 282. The molecule has 2 rings (SSSR count). The van der Waals surface area contributed by atoms with Crippen LogP contribution in [-0.2, 0) is 9.84 Å². The molecule has 0 aromatic heterocycles. The molecule has 3 nitrogen and oxygen atoms in total. The molecule has 0 radical (unpaired) electrons. The van der Waals surface area contributed by atoms with Crippen molar-refractivity contribution in [2.24, 2.45) is 0 Å². The average Bonchev–Trinajstić information content (AvgIpc) is 2.63. The van der Waals surface area contributed by atoms with Crippen molar-refractivity contribution in [3.63, 3.8) is 0 Å². The van der Waals surface area contributed by atoms with Crippen molar-refractivity contribution in [1.82, 2.24) is 5.32 Å². The van der Waals surface area contributed by atoms with E-state index in [1.807, 2.05) is 0 Å². The van der Waals surface area contributed by atoms with Gasteiger partial charge in [-0.3, -0.25) is 0 Å². The Labute approximate surface area is 79.8 Å². The van der Waals surface area contributed by atoms with Crippen molar-refractivity contribution in [1.29, 1.82) is 0 Å². The molecule has 2 fully saturated rings. The van der Waals surface area contributed by atoms with Crippen molar-refractivity contribution in [2.75, 3.05) is 6.26 Å². The monoisotopic (exact) mass is 203 g/mol. The first-order valence-corrected chi connectivity index (χ1v) is 6.98. The third kappa shape index (κ3) is 2.23. The first kappa shape index (κ1) is 9.46. The van der Waals surface area contributed by atoms with E-state index in [2.05, 4.69) is 5.32 Å². The zero-order valence-electron chi connectivity index (χ0n) is 7.99. The Hall–Kier alpha value is -0.0900. The zero-order valence-corrected chi connectivity index (χ0v) is 8.81. The summed E-state index contributed by atoms with van der Waals surface area (Å²) in [6, 6.07) is 0.856. The van der Waals surface area contributed by atoms with E-state index in [1.54, 1.807) is 0 Å². The topological polar surface area (TPSA) is 46.2 Å². The second kappa shape index (κ2) is 3.24. The molecule has 2 saturated carbocycles. The standard InChI is InChI=1S/C9H17NO2S/c1-13(11,12)9-4-2-3-8(9)10-7-5-6-7/h7-10H,2-6H2,1H3. The van der Waals surface area contributed by atoms with E-state index in [-0.39, 0.29) is 11.3 Å². The van der Waals surface area contributed by atoms with Crippen LogP contribution >= 0.6 is 0 Å². The van der Waals surface area contributed by atoms with E-state index < -0.39 is 9.84 Å². The summed E-state index contributed by atoms with van der Waals surface area (Å²) in [5.74, 6) is 0. The maximum Gasteiger partial charge on any atom is 0.151 e. The number of rotatable bonds is 3. The smallest absolute Gasteiger partial charge is 0.151 e. The lowest BCUT2D eigenvalue weighted by Gasteiger charge is -2.18. The van der Waals surface area contributed by atoms with E-state index in [0.717, 1.165) is 19.3 Å². The van der Waals surface area contributed by atoms with E-state index >= 15 is 0 Å². The van der Waals surface area contributed by atoms with Gasteiger partial charge in [-0.15, -0.1) is 0 Å². The molecule has 0 bridgehead atoms. The van der Waals surface area contributed by atoms with Gasteiger partial charge in [-0.25, -0.2) is 8.42 Å². The molecule has 0 aromatic rings. The Morgan fingerprint density at radius 1 is 1.15 bits per heavy atom.